The lowest BCUT2D eigenvalue weighted by atomic mass is 9.43. The van der Waals surface area contributed by atoms with Gasteiger partial charge in [-0.25, -0.2) is 0 Å². The number of hydrogen-bond acceptors (Lipinski definition) is 2. The predicted octanol–water partition coefficient (Wildman–Crippen LogP) is 8.74. The smallest absolute Gasteiger partial charge is 0.302 e. The molecule has 0 aliphatic heterocycles. The number of rotatable bonds is 6. The van der Waals surface area contributed by atoms with E-state index in [2.05, 4.69) is 47.6 Å². The van der Waals surface area contributed by atoms with Gasteiger partial charge in [0, 0.05) is 6.92 Å². The molecule has 0 aromatic carbocycles. The second-order valence-electron chi connectivity index (χ2n) is 14.3. The van der Waals surface area contributed by atoms with Gasteiger partial charge in [0.2, 0.25) is 0 Å². The minimum atomic E-state index is -0.0813. The number of carbonyl (C=O) groups is 1. The van der Waals surface area contributed by atoms with Gasteiger partial charge in [-0.15, -0.1) is 0 Å². The molecule has 34 heavy (non-hydrogen) atoms. The molecule has 5 aliphatic rings. The van der Waals surface area contributed by atoms with Crippen LogP contribution in [0.1, 0.15) is 126 Å². The highest BCUT2D eigenvalue weighted by Crippen LogP contribution is 2.87. The first-order chi connectivity index (χ1) is 16.0. The Bertz CT molecular complexity index is 842. The fraction of sp³-hybridized carbons (Fsp3) is 0.906. The number of fused-ring (bicyclic) bond motifs is 2. The van der Waals surface area contributed by atoms with E-state index in [0.29, 0.717) is 27.6 Å². The number of carbonyl (C=O) groups excluding carboxylic acids is 1. The number of allylic oxidation sites excluding steroid dienone is 2. The second-order valence-corrected chi connectivity index (χ2v) is 14.3. The molecule has 0 N–H and O–H groups in total. The predicted molar refractivity (Wildman–Crippen MR) is 140 cm³/mol. The second kappa shape index (κ2) is 8.37. The molecule has 2 nitrogen and oxygen atoms in total. The molecular weight excluding hydrogens is 416 g/mol. The van der Waals surface area contributed by atoms with Crippen LogP contribution in [0.25, 0.3) is 0 Å². The SMILES string of the molecule is CC=C(CCC(C)C1CCC2(C)C3CCC4CC(OC(C)=O)CCC45CC35CCC12C)C(C)C. The number of hydrogen-bond donors (Lipinski definition) is 0. The molecule has 2 heteroatoms. The maximum absolute atomic E-state index is 11.6. The van der Waals surface area contributed by atoms with E-state index in [9.17, 15) is 4.79 Å². The lowest BCUT2D eigenvalue weighted by Gasteiger charge is -2.61. The molecule has 5 rings (SSSR count). The van der Waals surface area contributed by atoms with Crippen molar-refractivity contribution in [3.8, 4) is 0 Å². The van der Waals surface area contributed by atoms with Crippen molar-refractivity contribution >= 4 is 5.97 Å². The molecule has 5 aliphatic carbocycles. The van der Waals surface area contributed by atoms with Crippen molar-refractivity contribution in [2.24, 2.45) is 51.2 Å². The van der Waals surface area contributed by atoms with E-state index in [0.717, 1.165) is 36.5 Å². The fourth-order valence-electron chi connectivity index (χ4n) is 11.3. The Labute approximate surface area is 210 Å². The Morgan fingerprint density at radius 1 is 0.971 bits per heavy atom. The lowest BCUT2D eigenvalue weighted by Crippen LogP contribution is -2.55. The topological polar surface area (TPSA) is 26.3 Å². The van der Waals surface area contributed by atoms with E-state index in [1.807, 2.05) is 0 Å². The molecule has 192 valence electrons. The summed E-state index contributed by atoms with van der Waals surface area (Å²) >= 11 is 0. The average molecular weight is 469 g/mol. The summed E-state index contributed by atoms with van der Waals surface area (Å²) in [5.41, 5.74) is 3.91. The summed E-state index contributed by atoms with van der Waals surface area (Å²) in [7, 11) is 0. The molecule has 2 spiro atoms. The van der Waals surface area contributed by atoms with Crippen LogP contribution in [-0.4, -0.2) is 12.1 Å². The van der Waals surface area contributed by atoms with Crippen molar-refractivity contribution in [1.82, 2.24) is 0 Å². The zero-order chi connectivity index (χ0) is 24.5. The standard InChI is InChI=1S/C32H52O2/c1-8-24(21(2)3)10-9-22(4)27-14-15-30(7)28-12-11-25-19-26(34-23(5)33)13-16-31(25)20-32(28,31)18-17-29(27,30)6/h8,21-22,25-28H,9-20H2,1-7H3. The molecule has 5 fully saturated rings. The Morgan fingerprint density at radius 3 is 2.41 bits per heavy atom. The summed E-state index contributed by atoms with van der Waals surface area (Å²) in [6.45, 7) is 16.6. The molecule has 9 atom stereocenters. The van der Waals surface area contributed by atoms with Gasteiger partial charge in [-0.2, -0.15) is 0 Å². The summed E-state index contributed by atoms with van der Waals surface area (Å²) < 4.78 is 5.70. The third-order valence-electron chi connectivity index (χ3n) is 13.2. The minimum Gasteiger partial charge on any atom is -0.463 e. The largest absolute Gasteiger partial charge is 0.463 e. The lowest BCUT2D eigenvalue weighted by molar-refractivity contribution is -0.156. The van der Waals surface area contributed by atoms with Crippen LogP contribution >= 0.6 is 0 Å². The fourth-order valence-corrected chi connectivity index (χ4v) is 11.3. The van der Waals surface area contributed by atoms with Crippen LogP contribution in [0.4, 0.5) is 0 Å². The van der Waals surface area contributed by atoms with E-state index >= 15 is 0 Å². The summed E-state index contributed by atoms with van der Waals surface area (Å²) in [5, 5.41) is 0. The Hall–Kier alpha value is -0.790. The molecule has 0 amide bonds. The summed E-state index contributed by atoms with van der Waals surface area (Å²) in [4.78, 5) is 11.6. The van der Waals surface area contributed by atoms with Crippen molar-refractivity contribution in [1.29, 1.82) is 0 Å². The molecule has 0 bridgehead atoms. The van der Waals surface area contributed by atoms with Crippen molar-refractivity contribution < 1.29 is 9.53 Å². The minimum absolute atomic E-state index is 0.0813. The van der Waals surface area contributed by atoms with Gasteiger partial charge in [0.1, 0.15) is 6.10 Å². The Morgan fingerprint density at radius 2 is 1.74 bits per heavy atom. The average Bonchev–Trinajstić information content (AvgIpc) is 3.35. The van der Waals surface area contributed by atoms with E-state index in [-0.39, 0.29) is 12.1 Å². The Kier molecular flexibility index (Phi) is 6.13. The molecule has 0 radical (unpaired) electrons. The third-order valence-corrected chi connectivity index (χ3v) is 13.2. The van der Waals surface area contributed by atoms with Gasteiger partial charge in [0.25, 0.3) is 0 Å². The van der Waals surface area contributed by atoms with Crippen molar-refractivity contribution in [3.05, 3.63) is 11.6 Å². The summed E-state index contributed by atoms with van der Waals surface area (Å²) in [6.07, 6.45) is 19.0. The van der Waals surface area contributed by atoms with Crippen LogP contribution in [0.3, 0.4) is 0 Å². The highest BCUT2D eigenvalue weighted by atomic mass is 16.5. The summed E-state index contributed by atoms with van der Waals surface area (Å²) in [5.74, 6) is 4.07. The molecule has 0 heterocycles. The monoisotopic (exact) mass is 468 g/mol. The zero-order valence-electron chi connectivity index (χ0n) is 23.3. The van der Waals surface area contributed by atoms with E-state index in [1.54, 1.807) is 12.5 Å². The first-order valence-corrected chi connectivity index (χ1v) is 14.9. The molecule has 0 saturated heterocycles. The molecule has 0 aromatic heterocycles. The van der Waals surface area contributed by atoms with Gasteiger partial charge < -0.3 is 4.74 Å². The number of ether oxygens (including phenoxy) is 1. The van der Waals surface area contributed by atoms with Crippen molar-refractivity contribution in [2.75, 3.05) is 0 Å². The maximum atomic E-state index is 11.6. The zero-order valence-corrected chi connectivity index (χ0v) is 23.3. The maximum Gasteiger partial charge on any atom is 0.302 e. The van der Waals surface area contributed by atoms with Crippen molar-refractivity contribution in [3.63, 3.8) is 0 Å². The highest BCUT2D eigenvalue weighted by Gasteiger charge is 2.80. The van der Waals surface area contributed by atoms with Crippen molar-refractivity contribution in [2.45, 2.75) is 132 Å². The van der Waals surface area contributed by atoms with Gasteiger partial charge in [0.15, 0.2) is 0 Å². The molecule has 0 aromatic rings. The molecular formula is C32H52O2. The van der Waals surface area contributed by atoms with Crippen LogP contribution in [0.15, 0.2) is 11.6 Å². The van der Waals surface area contributed by atoms with Gasteiger partial charge >= 0.3 is 5.97 Å². The van der Waals surface area contributed by atoms with Crippen LogP contribution in [-0.2, 0) is 9.53 Å². The Balaban J connectivity index is 1.32. The summed E-state index contributed by atoms with van der Waals surface area (Å²) in [6, 6.07) is 0. The van der Waals surface area contributed by atoms with E-state index in [1.165, 1.54) is 64.2 Å². The van der Waals surface area contributed by atoms with E-state index < -0.39 is 0 Å². The first kappa shape index (κ1) is 24.9. The highest BCUT2D eigenvalue weighted by molar-refractivity contribution is 5.66. The normalized spacial score (nSPS) is 48.4. The van der Waals surface area contributed by atoms with Crippen LogP contribution < -0.4 is 0 Å². The van der Waals surface area contributed by atoms with Gasteiger partial charge in [-0.3, -0.25) is 4.79 Å². The van der Waals surface area contributed by atoms with Gasteiger partial charge in [0.05, 0.1) is 0 Å². The van der Waals surface area contributed by atoms with Crippen LogP contribution in [0, 0.1) is 51.2 Å². The first-order valence-electron chi connectivity index (χ1n) is 14.9. The quantitative estimate of drug-likeness (QED) is 0.288. The molecule has 5 saturated carbocycles. The van der Waals surface area contributed by atoms with Gasteiger partial charge in [-0.05, 0) is 135 Å². The van der Waals surface area contributed by atoms with E-state index in [4.69, 9.17) is 4.74 Å². The molecule has 9 unspecified atom stereocenters. The third kappa shape index (κ3) is 3.35. The van der Waals surface area contributed by atoms with Gasteiger partial charge in [-0.1, -0.05) is 46.3 Å². The van der Waals surface area contributed by atoms with Crippen LogP contribution in [0.2, 0.25) is 0 Å². The number of esters is 1. The van der Waals surface area contributed by atoms with Crippen LogP contribution in [0.5, 0.6) is 0 Å².